The van der Waals surface area contributed by atoms with Crippen LogP contribution in [0.5, 0.6) is 0 Å². The first-order valence-corrected chi connectivity index (χ1v) is 10.3. The van der Waals surface area contributed by atoms with E-state index in [1.165, 1.54) is 19.3 Å². The first kappa shape index (κ1) is 22.9. The van der Waals surface area contributed by atoms with Crippen LogP contribution in [-0.2, 0) is 4.74 Å². The highest BCUT2D eigenvalue weighted by atomic mass is 19.1. The summed E-state index contributed by atoms with van der Waals surface area (Å²) in [4.78, 5) is 20.4. The van der Waals surface area contributed by atoms with Crippen molar-refractivity contribution in [1.29, 1.82) is 0 Å². The number of ether oxygens (including phenoxy) is 1. The maximum atomic E-state index is 16.1. The van der Waals surface area contributed by atoms with Crippen LogP contribution in [0.3, 0.4) is 0 Å². The monoisotopic (exact) mass is 457 g/mol. The van der Waals surface area contributed by atoms with Crippen molar-refractivity contribution in [2.75, 3.05) is 6.61 Å². The highest BCUT2D eigenvalue weighted by Crippen LogP contribution is 2.43. The predicted octanol–water partition coefficient (Wildman–Crippen LogP) is 4.24. The van der Waals surface area contributed by atoms with Gasteiger partial charge in [0.2, 0.25) is 0 Å². The predicted molar refractivity (Wildman–Crippen MR) is 115 cm³/mol. The molecule has 1 aliphatic heterocycles. The Hall–Kier alpha value is -3.30. The smallest absolute Gasteiger partial charge is 0.267 e. The van der Waals surface area contributed by atoms with Gasteiger partial charge in [0.1, 0.15) is 23.0 Å². The van der Waals surface area contributed by atoms with Gasteiger partial charge in [0, 0.05) is 29.1 Å². The number of carbonyl (C=O) groups excluding carboxylic acids is 1. The Labute approximate surface area is 188 Å². The van der Waals surface area contributed by atoms with E-state index in [0.29, 0.717) is 11.1 Å². The van der Waals surface area contributed by atoms with Crippen LogP contribution in [-0.4, -0.2) is 33.2 Å². The van der Waals surface area contributed by atoms with Crippen LogP contribution in [0.4, 0.5) is 13.2 Å². The van der Waals surface area contributed by atoms with Crippen LogP contribution in [0.1, 0.15) is 47.5 Å². The fourth-order valence-corrected chi connectivity index (χ4v) is 4.06. The zero-order valence-corrected chi connectivity index (χ0v) is 18.0. The van der Waals surface area contributed by atoms with E-state index in [2.05, 4.69) is 9.97 Å². The minimum absolute atomic E-state index is 0.0383. The van der Waals surface area contributed by atoms with Crippen molar-refractivity contribution in [2.45, 2.75) is 38.4 Å². The number of aromatic nitrogens is 2. The number of aryl methyl sites for hydroxylation is 1. The minimum atomic E-state index is -1.11. The van der Waals surface area contributed by atoms with E-state index < -0.39 is 46.3 Å². The van der Waals surface area contributed by atoms with Gasteiger partial charge < -0.3 is 15.6 Å². The van der Waals surface area contributed by atoms with E-state index in [9.17, 15) is 18.7 Å². The molecule has 2 atom stereocenters. The third-order valence-electron chi connectivity index (χ3n) is 5.64. The van der Waals surface area contributed by atoms with Gasteiger partial charge >= 0.3 is 0 Å². The summed E-state index contributed by atoms with van der Waals surface area (Å²) in [6, 6.07) is 5.27. The van der Waals surface area contributed by atoms with Gasteiger partial charge in [-0.2, -0.15) is 0 Å². The molecule has 0 bridgehead atoms. The first-order chi connectivity index (χ1) is 15.6. The third-order valence-corrected chi connectivity index (χ3v) is 5.64. The number of primary amides is 1. The van der Waals surface area contributed by atoms with Gasteiger partial charge in [-0.05, 0) is 50.5 Å². The summed E-state index contributed by atoms with van der Waals surface area (Å²) in [5, 5.41) is 10.3. The Morgan fingerprint density at radius 2 is 1.94 bits per heavy atom. The van der Waals surface area contributed by atoms with E-state index >= 15 is 4.39 Å². The molecule has 1 fully saturated rings. The lowest BCUT2D eigenvalue weighted by Crippen LogP contribution is -2.36. The van der Waals surface area contributed by atoms with Crippen LogP contribution in [0.2, 0.25) is 0 Å². The number of halogens is 3. The molecule has 0 saturated carbocycles. The summed E-state index contributed by atoms with van der Waals surface area (Å²) in [6.07, 6.45) is 2.45. The van der Waals surface area contributed by atoms with Crippen LogP contribution in [0.15, 0.2) is 36.7 Å². The second-order valence-electron chi connectivity index (χ2n) is 8.46. The standard InChI is InChI=1S/C24H22F3N3O3/c1-12-8-14(25)18(15(26)9-12)21-20(27)19(16-5-6-24(2,32)11-33-16)17(22(30-21)23(28)31)13-4-3-7-29-10-13/h3-4,7-10,16,32H,5-6,11H2,1-2H3,(H2,28,31). The Kier molecular flexibility index (Phi) is 5.94. The van der Waals surface area contributed by atoms with Crippen molar-refractivity contribution >= 4 is 5.91 Å². The molecule has 172 valence electrons. The molecule has 1 aliphatic rings. The molecular weight excluding hydrogens is 435 g/mol. The fourth-order valence-electron chi connectivity index (χ4n) is 4.06. The zero-order valence-electron chi connectivity index (χ0n) is 18.0. The van der Waals surface area contributed by atoms with Gasteiger partial charge in [-0.1, -0.05) is 6.07 Å². The molecule has 1 saturated heterocycles. The number of pyridine rings is 2. The molecule has 3 aromatic rings. The first-order valence-electron chi connectivity index (χ1n) is 10.3. The maximum absolute atomic E-state index is 16.1. The van der Waals surface area contributed by atoms with Crippen LogP contribution in [0, 0.1) is 24.4 Å². The number of carbonyl (C=O) groups is 1. The molecule has 0 radical (unpaired) electrons. The zero-order chi connectivity index (χ0) is 23.9. The molecule has 0 aliphatic carbocycles. The Balaban J connectivity index is 2.05. The lowest BCUT2D eigenvalue weighted by atomic mass is 9.87. The van der Waals surface area contributed by atoms with Gasteiger partial charge in [-0.15, -0.1) is 0 Å². The quantitative estimate of drug-likeness (QED) is 0.611. The molecule has 2 unspecified atom stereocenters. The van der Waals surface area contributed by atoms with Gasteiger partial charge in [0.05, 0.1) is 23.9 Å². The molecule has 9 heteroatoms. The maximum Gasteiger partial charge on any atom is 0.267 e. The number of rotatable bonds is 4. The van der Waals surface area contributed by atoms with Crippen molar-refractivity contribution in [3.63, 3.8) is 0 Å². The summed E-state index contributed by atoms with van der Waals surface area (Å²) < 4.78 is 51.4. The highest BCUT2D eigenvalue weighted by molar-refractivity contribution is 5.99. The van der Waals surface area contributed by atoms with Crippen LogP contribution in [0.25, 0.3) is 22.4 Å². The highest BCUT2D eigenvalue weighted by Gasteiger charge is 2.36. The molecule has 0 spiro atoms. The van der Waals surface area contributed by atoms with Crippen molar-refractivity contribution in [1.82, 2.24) is 9.97 Å². The number of hydrogen-bond donors (Lipinski definition) is 2. The van der Waals surface area contributed by atoms with E-state index in [-0.39, 0.29) is 36.3 Å². The normalized spacial score (nSPS) is 20.6. The molecule has 33 heavy (non-hydrogen) atoms. The van der Waals surface area contributed by atoms with Gasteiger partial charge in [0.15, 0.2) is 5.82 Å². The van der Waals surface area contributed by atoms with Crippen LogP contribution >= 0.6 is 0 Å². The van der Waals surface area contributed by atoms with Gasteiger partial charge in [0.25, 0.3) is 5.91 Å². The number of amides is 1. The molecule has 1 amide bonds. The van der Waals surface area contributed by atoms with Crippen molar-refractivity contribution in [2.24, 2.45) is 5.73 Å². The third kappa shape index (κ3) is 4.34. The van der Waals surface area contributed by atoms with E-state index in [1.807, 2.05) is 0 Å². The summed E-state index contributed by atoms with van der Waals surface area (Å²) in [6.45, 7) is 2.99. The lowest BCUT2D eigenvalue weighted by molar-refractivity contribution is -0.111. The Morgan fingerprint density at radius 1 is 1.24 bits per heavy atom. The summed E-state index contributed by atoms with van der Waals surface area (Å²) in [5.41, 5.74) is 3.28. The lowest BCUT2D eigenvalue weighted by Gasteiger charge is -2.34. The molecule has 3 N–H and O–H groups in total. The number of nitrogens with zero attached hydrogens (tertiary/aromatic N) is 2. The molecular formula is C24H22F3N3O3. The molecule has 1 aromatic carbocycles. The van der Waals surface area contributed by atoms with Crippen LogP contribution < -0.4 is 5.73 Å². The van der Waals surface area contributed by atoms with Gasteiger partial charge in [-0.3, -0.25) is 9.78 Å². The fraction of sp³-hybridized carbons (Fsp3) is 0.292. The van der Waals surface area contributed by atoms with Crippen molar-refractivity contribution in [3.05, 3.63) is 70.9 Å². The topological polar surface area (TPSA) is 98.3 Å². The molecule has 2 aromatic heterocycles. The van der Waals surface area contributed by atoms with E-state index in [1.54, 1.807) is 19.1 Å². The second kappa shape index (κ2) is 8.57. The largest absolute Gasteiger partial charge is 0.388 e. The average molecular weight is 457 g/mol. The van der Waals surface area contributed by atoms with E-state index in [4.69, 9.17) is 10.5 Å². The number of aliphatic hydroxyl groups is 1. The van der Waals surface area contributed by atoms with Gasteiger partial charge in [-0.25, -0.2) is 18.2 Å². The number of nitrogens with two attached hydrogens (primary N) is 1. The van der Waals surface area contributed by atoms with Crippen molar-refractivity contribution in [3.8, 4) is 22.4 Å². The summed E-state index contributed by atoms with van der Waals surface area (Å²) in [7, 11) is 0. The molecule has 3 heterocycles. The molecule has 6 nitrogen and oxygen atoms in total. The Bertz CT molecular complexity index is 1200. The number of benzene rings is 1. The second-order valence-corrected chi connectivity index (χ2v) is 8.46. The van der Waals surface area contributed by atoms with Crippen molar-refractivity contribution < 1.29 is 27.8 Å². The molecule has 4 rings (SSSR count). The SMILES string of the molecule is Cc1cc(F)c(-c2nc(C(N)=O)c(-c3cccnc3)c(C3CCC(C)(O)CO3)c2F)c(F)c1. The summed E-state index contributed by atoms with van der Waals surface area (Å²) in [5.74, 6) is -4.09. The average Bonchev–Trinajstić information content (AvgIpc) is 2.74. The minimum Gasteiger partial charge on any atom is -0.388 e. The number of hydrogen-bond acceptors (Lipinski definition) is 5. The van der Waals surface area contributed by atoms with E-state index in [0.717, 1.165) is 12.1 Å². The summed E-state index contributed by atoms with van der Waals surface area (Å²) >= 11 is 0. The Morgan fingerprint density at radius 3 is 2.48 bits per heavy atom.